The van der Waals surface area contributed by atoms with Gasteiger partial charge in [-0.05, 0) is 17.9 Å². The smallest absolute Gasteiger partial charge is 0.302 e. The van der Waals surface area contributed by atoms with Crippen LogP contribution in [0.3, 0.4) is 0 Å². The highest BCUT2D eigenvalue weighted by Gasteiger charge is 2.19. The normalized spacial score (nSPS) is 14.2. The molecule has 0 aromatic heterocycles. The third kappa shape index (κ3) is 4.23. The standard InChI is InChI=1S/C13H17ClO2/c1-10(13(9-14)16-11(2)15)8-12-6-4-3-5-7-12/h3-7,10,13H,8-9H2,1-2H3/t10-,13+/m0/s1. The molecule has 0 aliphatic carbocycles. The number of alkyl halides is 1. The average molecular weight is 241 g/mol. The molecule has 1 aromatic rings. The molecule has 0 saturated carbocycles. The molecule has 0 radical (unpaired) electrons. The molecule has 0 bridgehead atoms. The van der Waals surface area contributed by atoms with Crippen LogP contribution in [-0.2, 0) is 16.0 Å². The Balaban J connectivity index is 2.55. The van der Waals surface area contributed by atoms with E-state index < -0.39 is 0 Å². The average Bonchev–Trinajstić information content (AvgIpc) is 2.26. The number of benzene rings is 1. The maximum Gasteiger partial charge on any atom is 0.302 e. The molecule has 0 saturated heterocycles. The molecule has 0 amide bonds. The highest BCUT2D eigenvalue weighted by molar-refractivity contribution is 6.18. The zero-order valence-electron chi connectivity index (χ0n) is 9.65. The first-order chi connectivity index (χ1) is 7.63. The predicted octanol–water partition coefficient (Wildman–Crippen LogP) is 3.04. The minimum absolute atomic E-state index is 0.209. The minimum Gasteiger partial charge on any atom is -0.461 e. The molecule has 88 valence electrons. The molecule has 2 nitrogen and oxygen atoms in total. The van der Waals surface area contributed by atoms with Crippen LogP contribution in [0, 0.1) is 5.92 Å². The lowest BCUT2D eigenvalue weighted by Gasteiger charge is -2.21. The van der Waals surface area contributed by atoms with Gasteiger partial charge < -0.3 is 4.74 Å². The number of rotatable bonds is 5. The molecular weight excluding hydrogens is 224 g/mol. The van der Waals surface area contributed by atoms with E-state index >= 15 is 0 Å². The summed E-state index contributed by atoms with van der Waals surface area (Å²) in [6.45, 7) is 3.46. The van der Waals surface area contributed by atoms with E-state index in [1.54, 1.807) is 0 Å². The minimum atomic E-state index is -0.273. The van der Waals surface area contributed by atoms with Crippen molar-refractivity contribution in [1.82, 2.24) is 0 Å². The summed E-state index contributed by atoms with van der Waals surface area (Å²) in [5.41, 5.74) is 1.23. The van der Waals surface area contributed by atoms with Crippen molar-refractivity contribution >= 4 is 17.6 Å². The molecular formula is C13H17ClO2. The summed E-state index contributed by atoms with van der Waals surface area (Å²) in [6.07, 6.45) is 0.658. The molecule has 1 rings (SSSR count). The first-order valence-electron chi connectivity index (χ1n) is 5.40. The Labute approximate surface area is 102 Å². The Morgan fingerprint density at radius 3 is 2.50 bits per heavy atom. The van der Waals surface area contributed by atoms with Gasteiger partial charge in [-0.25, -0.2) is 0 Å². The van der Waals surface area contributed by atoms with Crippen LogP contribution in [0.1, 0.15) is 19.4 Å². The monoisotopic (exact) mass is 240 g/mol. The van der Waals surface area contributed by atoms with Gasteiger partial charge >= 0.3 is 5.97 Å². The number of hydrogen-bond acceptors (Lipinski definition) is 2. The molecule has 2 atom stereocenters. The second-order valence-electron chi connectivity index (χ2n) is 3.97. The predicted molar refractivity (Wildman–Crippen MR) is 65.6 cm³/mol. The number of halogens is 1. The molecule has 0 aliphatic heterocycles. The Hall–Kier alpha value is -1.02. The molecule has 0 N–H and O–H groups in total. The van der Waals surface area contributed by atoms with E-state index in [1.165, 1.54) is 12.5 Å². The Bertz CT molecular complexity index is 324. The zero-order chi connectivity index (χ0) is 12.0. The molecule has 16 heavy (non-hydrogen) atoms. The number of carbonyl (C=O) groups is 1. The van der Waals surface area contributed by atoms with Crippen LogP contribution < -0.4 is 0 Å². The highest BCUT2D eigenvalue weighted by Crippen LogP contribution is 2.16. The Kier molecular flexibility index (Phi) is 5.33. The van der Waals surface area contributed by atoms with Gasteiger partial charge in [0, 0.05) is 6.92 Å². The molecule has 0 heterocycles. The van der Waals surface area contributed by atoms with E-state index in [0.717, 1.165) is 6.42 Å². The topological polar surface area (TPSA) is 26.3 Å². The molecule has 0 unspecified atom stereocenters. The maximum absolute atomic E-state index is 10.9. The van der Waals surface area contributed by atoms with Gasteiger partial charge in [0.2, 0.25) is 0 Å². The summed E-state index contributed by atoms with van der Waals surface area (Å²) in [5, 5.41) is 0. The van der Waals surface area contributed by atoms with Crippen molar-refractivity contribution < 1.29 is 9.53 Å². The fraction of sp³-hybridized carbons (Fsp3) is 0.462. The van der Waals surface area contributed by atoms with Crippen molar-refractivity contribution in [2.75, 3.05) is 5.88 Å². The van der Waals surface area contributed by atoms with Crippen LogP contribution in [0.5, 0.6) is 0 Å². The number of carbonyl (C=O) groups excluding carboxylic acids is 1. The zero-order valence-corrected chi connectivity index (χ0v) is 10.4. The third-order valence-electron chi connectivity index (χ3n) is 2.50. The second-order valence-corrected chi connectivity index (χ2v) is 4.28. The van der Waals surface area contributed by atoms with Crippen molar-refractivity contribution in [2.45, 2.75) is 26.4 Å². The van der Waals surface area contributed by atoms with E-state index in [-0.39, 0.29) is 18.0 Å². The number of hydrogen-bond donors (Lipinski definition) is 0. The van der Waals surface area contributed by atoms with Crippen LogP contribution >= 0.6 is 11.6 Å². The van der Waals surface area contributed by atoms with Crippen molar-refractivity contribution in [3.63, 3.8) is 0 Å². The van der Waals surface area contributed by atoms with Gasteiger partial charge in [-0.1, -0.05) is 37.3 Å². The second kappa shape index (κ2) is 6.54. The van der Waals surface area contributed by atoms with Gasteiger partial charge in [-0.15, -0.1) is 11.6 Å². The van der Waals surface area contributed by atoms with Gasteiger partial charge in [0.05, 0.1) is 5.88 Å². The maximum atomic E-state index is 10.9. The van der Waals surface area contributed by atoms with Gasteiger partial charge in [0.25, 0.3) is 0 Å². The molecule has 1 aromatic carbocycles. The van der Waals surface area contributed by atoms with Crippen molar-refractivity contribution in [3.8, 4) is 0 Å². The number of ether oxygens (including phenoxy) is 1. The van der Waals surface area contributed by atoms with Crippen LogP contribution in [0.15, 0.2) is 30.3 Å². The fourth-order valence-electron chi connectivity index (χ4n) is 1.63. The summed E-state index contributed by atoms with van der Waals surface area (Å²) in [5.74, 6) is 0.294. The van der Waals surface area contributed by atoms with Gasteiger partial charge in [0.1, 0.15) is 6.10 Å². The van der Waals surface area contributed by atoms with E-state index in [0.29, 0.717) is 5.88 Å². The third-order valence-corrected chi connectivity index (χ3v) is 2.81. The SMILES string of the molecule is CC(=O)O[C@H](CCl)[C@@H](C)Cc1ccccc1. The lowest BCUT2D eigenvalue weighted by atomic mass is 9.96. The summed E-state index contributed by atoms with van der Waals surface area (Å²) >= 11 is 5.80. The summed E-state index contributed by atoms with van der Waals surface area (Å²) in [4.78, 5) is 10.9. The van der Waals surface area contributed by atoms with E-state index in [1.807, 2.05) is 25.1 Å². The largest absolute Gasteiger partial charge is 0.461 e. The number of esters is 1. The highest BCUT2D eigenvalue weighted by atomic mass is 35.5. The van der Waals surface area contributed by atoms with Crippen molar-refractivity contribution in [1.29, 1.82) is 0 Å². The quantitative estimate of drug-likeness (QED) is 0.584. The Morgan fingerprint density at radius 2 is 2.00 bits per heavy atom. The first kappa shape index (κ1) is 13.0. The molecule has 3 heteroatoms. The lowest BCUT2D eigenvalue weighted by molar-refractivity contribution is -0.147. The van der Waals surface area contributed by atoms with E-state index in [2.05, 4.69) is 12.1 Å². The fourth-order valence-corrected chi connectivity index (χ4v) is 2.00. The molecule has 0 spiro atoms. The van der Waals surface area contributed by atoms with Crippen LogP contribution in [0.2, 0.25) is 0 Å². The van der Waals surface area contributed by atoms with Crippen LogP contribution in [-0.4, -0.2) is 18.0 Å². The van der Waals surface area contributed by atoms with E-state index in [4.69, 9.17) is 16.3 Å². The summed E-state index contributed by atoms with van der Waals surface area (Å²) < 4.78 is 5.16. The van der Waals surface area contributed by atoms with Crippen LogP contribution in [0.25, 0.3) is 0 Å². The Morgan fingerprint density at radius 1 is 1.38 bits per heavy atom. The van der Waals surface area contributed by atoms with Gasteiger partial charge in [-0.2, -0.15) is 0 Å². The van der Waals surface area contributed by atoms with Crippen LogP contribution in [0.4, 0.5) is 0 Å². The lowest BCUT2D eigenvalue weighted by Crippen LogP contribution is -2.27. The van der Waals surface area contributed by atoms with Crippen molar-refractivity contribution in [3.05, 3.63) is 35.9 Å². The molecule has 0 fully saturated rings. The van der Waals surface area contributed by atoms with Crippen molar-refractivity contribution in [2.24, 2.45) is 5.92 Å². The first-order valence-corrected chi connectivity index (χ1v) is 5.94. The summed E-state index contributed by atoms with van der Waals surface area (Å²) in [6, 6.07) is 10.1. The van der Waals surface area contributed by atoms with E-state index in [9.17, 15) is 4.79 Å². The summed E-state index contributed by atoms with van der Waals surface area (Å²) in [7, 11) is 0. The van der Waals surface area contributed by atoms with Gasteiger partial charge in [0.15, 0.2) is 0 Å². The molecule has 0 aliphatic rings. The van der Waals surface area contributed by atoms with Gasteiger partial charge in [-0.3, -0.25) is 4.79 Å².